The first-order chi connectivity index (χ1) is 10.1. The molecule has 1 saturated carbocycles. The quantitative estimate of drug-likeness (QED) is 0.842. The molecule has 3 heteroatoms. The van der Waals surface area contributed by atoms with Crippen molar-refractivity contribution in [1.29, 1.82) is 0 Å². The number of hydrogen-bond acceptors (Lipinski definition) is 3. The van der Waals surface area contributed by atoms with Crippen LogP contribution < -0.4 is 10.2 Å². The van der Waals surface area contributed by atoms with Crippen LogP contribution in [0.5, 0.6) is 0 Å². The maximum Gasteiger partial charge on any atom is 0.0743 e. The number of nitrogens with one attached hydrogen (secondary N) is 1. The molecule has 2 N–H and O–H groups in total. The average molecular weight is 290 g/mol. The Balaban J connectivity index is 2.18. The van der Waals surface area contributed by atoms with Crippen LogP contribution in [0.2, 0.25) is 0 Å². The van der Waals surface area contributed by atoms with Gasteiger partial charge in [0.1, 0.15) is 0 Å². The third kappa shape index (κ3) is 3.98. The van der Waals surface area contributed by atoms with Gasteiger partial charge < -0.3 is 15.3 Å². The van der Waals surface area contributed by atoms with Crippen LogP contribution in [-0.2, 0) is 0 Å². The summed E-state index contributed by atoms with van der Waals surface area (Å²) in [6.45, 7) is 5.45. The molecule has 21 heavy (non-hydrogen) atoms. The molecule has 0 radical (unpaired) electrons. The standard InChI is InChI=1S/C18H30N2O/c1-4-13-19-14(2)15-9-5-6-10-16(15)20(3)17-11-7-8-12-18(17)21/h5-6,9-10,14,17-19,21H,4,7-8,11-13H2,1-3H3. The Labute approximate surface area is 129 Å². The lowest BCUT2D eigenvalue weighted by molar-refractivity contribution is 0.106. The van der Waals surface area contributed by atoms with Crippen LogP contribution in [0.1, 0.15) is 57.6 Å². The molecular formula is C18H30N2O. The van der Waals surface area contributed by atoms with Gasteiger partial charge in [0, 0.05) is 18.8 Å². The van der Waals surface area contributed by atoms with Crippen LogP contribution in [0.3, 0.4) is 0 Å². The molecule has 1 aromatic carbocycles. The molecule has 3 atom stereocenters. The van der Waals surface area contributed by atoms with E-state index in [0.29, 0.717) is 6.04 Å². The normalized spacial score (nSPS) is 23.8. The zero-order chi connectivity index (χ0) is 15.2. The SMILES string of the molecule is CCCNC(C)c1ccccc1N(C)C1CCCCC1O. The Hall–Kier alpha value is -1.06. The van der Waals surface area contributed by atoms with Gasteiger partial charge >= 0.3 is 0 Å². The lowest BCUT2D eigenvalue weighted by Gasteiger charge is -2.38. The number of anilines is 1. The Kier molecular flexibility index (Phi) is 6.07. The minimum absolute atomic E-state index is 0.198. The fourth-order valence-electron chi connectivity index (χ4n) is 3.37. The van der Waals surface area contributed by atoms with E-state index in [1.165, 1.54) is 17.7 Å². The smallest absolute Gasteiger partial charge is 0.0743 e. The van der Waals surface area contributed by atoms with Gasteiger partial charge in [-0.2, -0.15) is 0 Å². The number of nitrogens with zero attached hydrogens (tertiary/aromatic N) is 1. The maximum atomic E-state index is 10.3. The van der Waals surface area contributed by atoms with Crippen LogP contribution in [0.25, 0.3) is 0 Å². The molecule has 3 nitrogen and oxygen atoms in total. The lowest BCUT2D eigenvalue weighted by atomic mass is 9.90. The molecule has 1 aromatic rings. The first kappa shape index (κ1) is 16.3. The van der Waals surface area contributed by atoms with Gasteiger partial charge in [0.2, 0.25) is 0 Å². The molecule has 0 amide bonds. The van der Waals surface area contributed by atoms with Crippen molar-refractivity contribution in [3.8, 4) is 0 Å². The average Bonchev–Trinajstić information content (AvgIpc) is 2.52. The van der Waals surface area contributed by atoms with Crippen molar-refractivity contribution in [2.45, 2.75) is 64.1 Å². The monoisotopic (exact) mass is 290 g/mol. The fourth-order valence-corrected chi connectivity index (χ4v) is 3.37. The molecule has 0 saturated heterocycles. The van der Waals surface area contributed by atoms with E-state index >= 15 is 0 Å². The van der Waals surface area contributed by atoms with Gasteiger partial charge in [-0.15, -0.1) is 0 Å². The summed E-state index contributed by atoms with van der Waals surface area (Å²) in [5, 5.41) is 13.9. The maximum absolute atomic E-state index is 10.3. The van der Waals surface area contributed by atoms with Crippen molar-refractivity contribution >= 4 is 5.69 Å². The van der Waals surface area contributed by atoms with Crippen LogP contribution in [0.4, 0.5) is 5.69 Å². The van der Waals surface area contributed by atoms with Crippen LogP contribution in [0, 0.1) is 0 Å². The topological polar surface area (TPSA) is 35.5 Å². The second-order valence-electron chi connectivity index (χ2n) is 6.26. The third-order valence-electron chi connectivity index (χ3n) is 4.68. The van der Waals surface area contributed by atoms with Gasteiger partial charge in [0.25, 0.3) is 0 Å². The molecule has 3 unspecified atom stereocenters. The number of benzene rings is 1. The van der Waals surface area contributed by atoms with Crippen molar-refractivity contribution in [2.75, 3.05) is 18.5 Å². The number of rotatable bonds is 6. The molecule has 0 aliphatic heterocycles. The molecule has 1 fully saturated rings. The van der Waals surface area contributed by atoms with Gasteiger partial charge in [0.15, 0.2) is 0 Å². The highest BCUT2D eigenvalue weighted by Gasteiger charge is 2.28. The molecule has 118 valence electrons. The molecule has 0 aromatic heterocycles. The number of likely N-dealkylation sites (N-methyl/N-ethyl adjacent to an activating group) is 1. The predicted octanol–water partition coefficient (Wildman–Crippen LogP) is 3.49. The van der Waals surface area contributed by atoms with E-state index < -0.39 is 0 Å². The molecule has 0 spiro atoms. The fraction of sp³-hybridized carbons (Fsp3) is 0.667. The second-order valence-corrected chi connectivity index (χ2v) is 6.26. The Morgan fingerprint density at radius 3 is 2.71 bits per heavy atom. The molecule has 1 aliphatic carbocycles. The number of hydrogen-bond donors (Lipinski definition) is 2. The Morgan fingerprint density at radius 1 is 1.29 bits per heavy atom. The number of aliphatic hydroxyl groups is 1. The van der Waals surface area contributed by atoms with Gasteiger partial charge in [-0.25, -0.2) is 0 Å². The van der Waals surface area contributed by atoms with Crippen molar-refractivity contribution in [2.24, 2.45) is 0 Å². The lowest BCUT2D eigenvalue weighted by Crippen LogP contribution is -2.44. The Morgan fingerprint density at radius 2 is 2.00 bits per heavy atom. The summed E-state index contributed by atoms with van der Waals surface area (Å²) in [6.07, 6.45) is 5.34. The van der Waals surface area contributed by atoms with Gasteiger partial charge in [-0.3, -0.25) is 0 Å². The van der Waals surface area contributed by atoms with E-state index in [2.05, 4.69) is 55.4 Å². The first-order valence-electron chi connectivity index (χ1n) is 8.38. The zero-order valence-electron chi connectivity index (χ0n) is 13.7. The summed E-state index contributed by atoms with van der Waals surface area (Å²) in [6, 6.07) is 9.17. The highest BCUT2D eigenvalue weighted by atomic mass is 16.3. The summed E-state index contributed by atoms with van der Waals surface area (Å²) in [4.78, 5) is 2.29. The van der Waals surface area contributed by atoms with Gasteiger partial charge in [-0.05, 0) is 44.4 Å². The number of aliphatic hydroxyl groups excluding tert-OH is 1. The van der Waals surface area contributed by atoms with Crippen molar-refractivity contribution < 1.29 is 5.11 Å². The zero-order valence-corrected chi connectivity index (χ0v) is 13.7. The van der Waals surface area contributed by atoms with E-state index in [4.69, 9.17) is 0 Å². The molecular weight excluding hydrogens is 260 g/mol. The van der Waals surface area contributed by atoms with E-state index in [-0.39, 0.29) is 12.1 Å². The highest BCUT2D eigenvalue weighted by Crippen LogP contribution is 2.31. The summed E-state index contributed by atoms with van der Waals surface area (Å²) in [5.74, 6) is 0. The predicted molar refractivity (Wildman–Crippen MR) is 89.8 cm³/mol. The van der Waals surface area contributed by atoms with E-state index in [9.17, 15) is 5.11 Å². The van der Waals surface area contributed by atoms with Crippen LogP contribution in [-0.4, -0.2) is 30.8 Å². The van der Waals surface area contributed by atoms with E-state index in [0.717, 1.165) is 32.2 Å². The molecule has 0 heterocycles. The number of para-hydroxylation sites is 1. The largest absolute Gasteiger partial charge is 0.391 e. The van der Waals surface area contributed by atoms with Gasteiger partial charge in [0.05, 0.1) is 12.1 Å². The molecule has 2 rings (SSSR count). The third-order valence-corrected chi connectivity index (χ3v) is 4.68. The Bertz CT molecular complexity index is 435. The van der Waals surface area contributed by atoms with E-state index in [1.807, 2.05) is 0 Å². The van der Waals surface area contributed by atoms with E-state index in [1.54, 1.807) is 0 Å². The summed E-state index contributed by atoms with van der Waals surface area (Å²) < 4.78 is 0. The second kappa shape index (κ2) is 7.81. The minimum Gasteiger partial charge on any atom is -0.391 e. The van der Waals surface area contributed by atoms with Gasteiger partial charge in [-0.1, -0.05) is 38.0 Å². The van der Waals surface area contributed by atoms with Crippen molar-refractivity contribution in [3.63, 3.8) is 0 Å². The van der Waals surface area contributed by atoms with Crippen LogP contribution >= 0.6 is 0 Å². The van der Waals surface area contributed by atoms with Crippen molar-refractivity contribution in [1.82, 2.24) is 5.32 Å². The molecule has 0 bridgehead atoms. The summed E-state index contributed by atoms with van der Waals surface area (Å²) in [5.41, 5.74) is 2.57. The summed E-state index contributed by atoms with van der Waals surface area (Å²) >= 11 is 0. The van der Waals surface area contributed by atoms with Crippen molar-refractivity contribution in [3.05, 3.63) is 29.8 Å². The summed E-state index contributed by atoms with van der Waals surface area (Å²) in [7, 11) is 2.13. The minimum atomic E-state index is -0.198. The first-order valence-corrected chi connectivity index (χ1v) is 8.38. The highest BCUT2D eigenvalue weighted by molar-refractivity contribution is 5.55. The molecule has 1 aliphatic rings. The van der Waals surface area contributed by atoms with Crippen LogP contribution in [0.15, 0.2) is 24.3 Å².